The van der Waals surface area contributed by atoms with Gasteiger partial charge in [-0.15, -0.1) is 0 Å². The van der Waals surface area contributed by atoms with Gasteiger partial charge in [0.2, 0.25) is 0 Å². The standard InChI is InChI=1S/C8H14O7S/c1-2-3-4-5-6(9)7(10)8(11)14-16(12,13)15-8/h7,10-11H,2-5H2,1H3. The molecule has 7 nitrogen and oxygen atoms in total. The fourth-order valence-electron chi connectivity index (χ4n) is 1.28. The maximum absolute atomic E-state index is 11.3. The van der Waals surface area contributed by atoms with Gasteiger partial charge >= 0.3 is 16.4 Å². The van der Waals surface area contributed by atoms with E-state index >= 15 is 0 Å². The number of hydrogen-bond donors (Lipinski definition) is 2. The Kier molecular flexibility index (Phi) is 4.02. The maximum atomic E-state index is 11.3. The Morgan fingerprint density at radius 3 is 2.38 bits per heavy atom. The Morgan fingerprint density at radius 1 is 1.38 bits per heavy atom. The van der Waals surface area contributed by atoms with E-state index in [1.54, 1.807) is 0 Å². The molecule has 0 aromatic carbocycles. The monoisotopic (exact) mass is 254 g/mol. The predicted octanol–water partition coefficient (Wildman–Crippen LogP) is -0.566. The van der Waals surface area contributed by atoms with Gasteiger partial charge in [-0.1, -0.05) is 19.8 Å². The molecule has 1 unspecified atom stereocenters. The van der Waals surface area contributed by atoms with Crippen LogP contribution in [0.3, 0.4) is 0 Å². The lowest BCUT2D eigenvalue weighted by Crippen LogP contribution is -2.60. The van der Waals surface area contributed by atoms with Gasteiger partial charge in [0.15, 0.2) is 11.9 Å². The van der Waals surface area contributed by atoms with Crippen molar-refractivity contribution in [2.45, 2.75) is 44.7 Å². The lowest BCUT2D eigenvalue weighted by Gasteiger charge is -2.36. The molecule has 1 aliphatic heterocycles. The number of aliphatic hydroxyl groups excluding tert-OH is 1. The summed E-state index contributed by atoms with van der Waals surface area (Å²) in [7, 11) is -4.26. The third kappa shape index (κ3) is 2.98. The summed E-state index contributed by atoms with van der Waals surface area (Å²) in [4.78, 5) is 11.3. The highest BCUT2D eigenvalue weighted by Crippen LogP contribution is 2.32. The molecule has 16 heavy (non-hydrogen) atoms. The zero-order valence-electron chi connectivity index (χ0n) is 8.75. The van der Waals surface area contributed by atoms with Crippen LogP contribution in [0.15, 0.2) is 0 Å². The number of aliphatic hydroxyl groups is 2. The number of rotatable bonds is 6. The number of carbonyl (C=O) groups is 1. The predicted molar refractivity (Wildman–Crippen MR) is 51.2 cm³/mol. The summed E-state index contributed by atoms with van der Waals surface area (Å²) in [5.41, 5.74) is 0. The Hall–Kier alpha value is -0.540. The molecule has 0 aromatic rings. The molecule has 1 heterocycles. The summed E-state index contributed by atoms with van der Waals surface area (Å²) in [5, 5.41) is 18.6. The third-order valence-electron chi connectivity index (χ3n) is 2.12. The quantitative estimate of drug-likeness (QED) is 0.611. The van der Waals surface area contributed by atoms with Crippen LogP contribution >= 0.6 is 0 Å². The molecule has 1 fully saturated rings. The van der Waals surface area contributed by atoms with E-state index in [1.807, 2.05) is 6.92 Å². The van der Waals surface area contributed by atoms with Gasteiger partial charge in [0.25, 0.3) is 0 Å². The van der Waals surface area contributed by atoms with E-state index in [-0.39, 0.29) is 6.42 Å². The van der Waals surface area contributed by atoms with Gasteiger partial charge in [0.05, 0.1) is 0 Å². The van der Waals surface area contributed by atoms with Crippen molar-refractivity contribution in [3.8, 4) is 0 Å². The van der Waals surface area contributed by atoms with Crippen LogP contribution in [-0.2, 0) is 23.6 Å². The molecule has 0 radical (unpaired) electrons. The van der Waals surface area contributed by atoms with Gasteiger partial charge in [-0.2, -0.15) is 16.8 Å². The summed E-state index contributed by atoms with van der Waals surface area (Å²) in [6.07, 6.45) is 0.276. The summed E-state index contributed by atoms with van der Waals surface area (Å²) in [6.45, 7) is 1.94. The van der Waals surface area contributed by atoms with E-state index in [4.69, 9.17) is 0 Å². The average Bonchev–Trinajstić information content (AvgIpc) is 2.13. The van der Waals surface area contributed by atoms with Crippen LogP contribution < -0.4 is 0 Å². The Balaban J connectivity index is 2.46. The maximum Gasteiger partial charge on any atom is 0.409 e. The molecule has 0 bridgehead atoms. The molecule has 2 N–H and O–H groups in total. The first-order valence-electron chi connectivity index (χ1n) is 4.90. The Bertz CT molecular complexity index is 349. The number of ketones is 1. The minimum atomic E-state index is -4.26. The van der Waals surface area contributed by atoms with Crippen LogP contribution in [0.2, 0.25) is 0 Å². The fraction of sp³-hybridized carbons (Fsp3) is 0.875. The van der Waals surface area contributed by atoms with Crippen LogP contribution in [0.25, 0.3) is 0 Å². The van der Waals surface area contributed by atoms with E-state index in [1.165, 1.54) is 0 Å². The van der Waals surface area contributed by atoms with Crippen LogP contribution in [0.1, 0.15) is 32.6 Å². The first-order chi connectivity index (χ1) is 7.31. The summed E-state index contributed by atoms with van der Waals surface area (Å²) in [5.74, 6) is -3.46. The van der Waals surface area contributed by atoms with E-state index in [0.29, 0.717) is 6.42 Å². The lowest BCUT2D eigenvalue weighted by atomic mass is 10.1. The van der Waals surface area contributed by atoms with Gasteiger partial charge in [-0.25, -0.2) is 0 Å². The normalized spacial score (nSPS) is 23.4. The lowest BCUT2D eigenvalue weighted by molar-refractivity contribution is -0.357. The van der Waals surface area contributed by atoms with Gasteiger partial charge in [-0.3, -0.25) is 4.79 Å². The molecule has 8 heteroatoms. The van der Waals surface area contributed by atoms with E-state index in [2.05, 4.69) is 8.37 Å². The second kappa shape index (κ2) is 4.76. The second-order valence-electron chi connectivity index (χ2n) is 3.53. The van der Waals surface area contributed by atoms with Crippen molar-refractivity contribution in [3.05, 3.63) is 0 Å². The minimum absolute atomic E-state index is 0.0318. The summed E-state index contributed by atoms with van der Waals surface area (Å²) in [6, 6.07) is 0. The Morgan fingerprint density at radius 2 is 1.94 bits per heavy atom. The summed E-state index contributed by atoms with van der Waals surface area (Å²) >= 11 is 0. The van der Waals surface area contributed by atoms with Crippen molar-refractivity contribution in [1.82, 2.24) is 0 Å². The van der Waals surface area contributed by atoms with Gasteiger partial charge in [0.1, 0.15) is 0 Å². The van der Waals surface area contributed by atoms with Crippen LogP contribution in [0, 0.1) is 0 Å². The molecule has 0 aliphatic carbocycles. The fourth-order valence-corrected chi connectivity index (χ4v) is 2.06. The summed E-state index contributed by atoms with van der Waals surface area (Å²) < 4.78 is 28.8. The zero-order chi connectivity index (χ0) is 12.4. The molecule has 0 spiro atoms. The molecule has 0 aromatic heterocycles. The van der Waals surface area contributed by atoms with Crippen molar-refractivity contribution in [2.75, 3.05) is 0 Å². The zero-order valence-corrected chi connectivity index (χ0v) is 9.57. The smallest absolute Gasteiger partial charge is 0.378 e. The Labute approximate surface area is 93.3 Å². The number of Topliss-reactive ketones (excluding diaryl/α,β-unsaturated/α-hetero) is 1. The highest BCUT2D eigenvalue weighted by atomic mass is 32.3. The topological polar surface area (TPSA) is 110 Å². The van der Waals surface area contributed by atoms with Crippen molar-refractivity contribution in [2.24, 2.45) is 0 Å². The highest BCUT2D eigenvalue weighted by molar-refractivity contribution is 7.82. The van der Waals surface area contributed by atoms with Crippen molar-refractivity contribution in [3.63, 3.8) is 0 Å². The molecular formula is C8H14O7S. The van der Waals surface area contributed by atoms with E-state index < -0.39 is 28.3 Å². The second-order valence-corrected chi connectivity index (χ2v) is 4.68. The molecule has 1 saturated heterocycles. The number of carbonyl (C=O) groups excluding carboxylic acids is 1. The van der Waals surface area contributed by atoms with Crippen molar-refractivity contribution in [1.29, 1.82) is 0 Å². The van der Waals surface area contributed by atoms with Crippen LogP contribution in [0.5, 0.6) is 0 Å². The molecule has 0 amide bonds. The van der Waals surface area contributed by atoms with E-state index in [0.717, 1.165) is 12.8 Å². The molecular weight excluding hydrogens is 240 g/mol. The van der Waals surface area contributed by atoms with E-state index in [9.17, 15) is 23.4 Å². The minimum Gasteiger partial charge on any atom is -0.378 e. The van der Waals surface area contributed by atoms with Crippen molar-refractivity contribution >= 4 is 16.2 Å². The highest BCUT2D eigenvalue weighted by Gasteiger charge is 2.58. The van der Waals surface area contributed by atoms with Gasteiger partial charge < -0.3 is 10.2 Å². The number of unbranched alkanes of at least 4 members (excludes halogenated alkanes) is 2. The van der Waals surface area contributed by atoms with Gasteiger partial charge in [-0.05, 0) is 6.42 Å². The third-order valence-corrected chi connectivity index (χ3v) is 3.01. The van der Waals surface area contributed by atoms with Crippen LogP contribution in [0.4, 0.5) is 0 Å². The van der Waals surface area contributed by atoms with Crippen LogP contribution in [-0.4, -0.2) is 36.5 Å². The first kappa shape index (κ1) is 13.5. The molecule has 1 rings (SSSR count). The molecule has 0 saturated carbocycles. The number of hydrogen-bond acceptors (Lipinski definition) is 7. The van der Waals surface area contributed by atoms with Gasteiger partial charge in [0, 0.05) is 6.42 Å². The first-order valence-corrected chi connectivity index (χ1v) is 6.23. The molecule has 1 atom stereocenters. The molecule has 94 valence electrons. The average molecular weight is 254 g/mol. The molecule has 1 aliphatic rings. The largest absolute Gasteiger partial charge is 0.409 e. The van der Waals surface area contributed by atoms with Crippen molar-refractivity contribution < 1.29 is 31.8 Å². The SMILES string of the molecule is CCCCCC(=O)C(O)C1(O)OS(=O)(=O)O1.